The Hall–Kier alpha value is -2.99. The van der Waals surface area contributed by atoms with Gasteiger partial charge < -0.3 is 14.6 Å². The highest BCUT2D eigenvalue weighted by molar-refractivity contribution is 5.95. The summed E-state index contributed by atoms with van der Waals surface area (Å²) >= 11 is 0. The van der Waals surface area contributed by atoms with Gasteiger partial charge in [0.2, 0.25) is 5.72 Å². The van der Waals surface area contributed by atoms with Gasteiger partial charge in [0.25, 0.3) is 5.91 Å². The zero-order valence-corrected chi connectivity index (χ0v) is 15.0. The lowest BCUT2D eigenvalue weighted by molar-refractivity contribution is -0.0605. The number of aliphatic hydroxyl groups is 1. The maximum atomic E-state index is 13.0. The maximum Gasteiger partial charge on any atom is 0.275 e. The van der Waals surface area contributed by atoms with Crippen LogP contribution in [0, 0.1) is 0 Å². The van der Waals surface area contributed by atoms with E-state index in [0.717, 1.165) is 5.70 Å². The molecule has 0 fully saturated rings. The van der Waals surface area contributed by atoms with Crippen molar-refractivity contribution in [3.63, 3.8) is 0 Å². The van der Waals surface area contributed by atoms with Crippen LogP contribution in [-0.4, -0.2) is 30.2 Å². The van der Waals surface area contributed by atoms with Crippen molar-refractivity contribution in [2.75, 3.05) is 14.2 Å². The SMILES string of the molecule is CCC1=C[C@](O)(c2cccc(OC)c2)N(C(=O)c2ccc(OC)cc2)N1. The molecule has 0 aliphatic carbocycles. The third-order valence-corrected chi connectivity index (χ3v) is 4.39. The van der Waals surface area contributed by atoms with Gasteiger partial charge in [-0.15, -0.1) is 0 Å². The lowest BCUT2D eigenvalue weighted by Crippen LogP contribution is -2.50. The van der Waals surface area contributed by atoms with Crippen LogP contribution in [-0.2, 0) is 5.72 Å². The van der Waals surface area contributed by atoms with Gasteiger partial charge in [0.1, 0.15) is 11.5 Å². The summed E-state index contributed by atoms with van der Waals surface area (Å²) in [5.41, 5.74) is 3.14. The summed E-state index contributed by atoms with van der Waals surface area (Å²) in [6.07, 6.45) is 2.31. The summed E-state index contributed by atoms with van der Waals surface area (Å²) in [4.78, 5) is 13.0. The van der Waals surface area contributed by atoms with Crippen molar-refractivity contribution in [1.82, 2.24) is 10.4 Å². The molecule has 0 saturated heterocycles. The molecule has 26 heavy (non-hydrogen) atoms. The number of methoxy groups -OCH3 is 2. The van der Waals surface area contributed by atoms with Crippen LogP contribution >= 0.6 is 0 Å². The molecule has 3 rings (SSSR count). The number of carbonyl (C=O) groups is 1. The van der Waals surface area contributed by atoms with Crippen molar-refractivity contribution in [2.45, 2.75) is 19.1 Å². The van der Waals surface area contributed by atoms with Crippen molar-refractivity contribution in [1.29, 1.82) is 0 Å². The Bertz CT molecular complexity index is 832. The van der Waals surface area contributed by atoms with Crippen molar-refractivity contribution in [3.8, 4) is 11.5 Å². The molecule has 0 unspecified atom stereocenters. The minimum atomic E-state index is -1.61. The fraction of sp³-hybridized carbons (Fsp3) is 0.250. The average Bonchev–Trinajstić information content (AvgIpc) is 3.05. The molecule has 1 heterocycles. The first-order valence-corrected chi connectivity index (χ1v) is 8.35. The van der Waals surface area contributed by atoms with Gasteiger partial charge in [-0.25, -0.2) is 5.01 Å². The number of nitrogens with zero attached hydrogens (tertiary/aromatic N) is 1. The van der Waals surface area contributed by atoms with E-state index in [4.69, 9.17) is 9.47 Å². The second kappa shape index (κ2) is 7.09. The van der Waals surface area contributed by atoms with E-state index in [9.17, 15) is 9.90 Å². The molecular weight excluding hydrogens is 332 g/mol. The van der Waals surface area contributed by atoms with Crippen LogP contribution in [0.25, 0.3) is 0 Å². The van der Waals surface area contributed by atoms with Crippen LogP contribution in [0.15, 0.2) is 60.3 Å². The first kappa shape index (κ1) is 17.8. The average molecular weight is 354 g/mol. The van der Waals surface area contributed by atoms with E-state index in [1.165, 1.54) is 5.01 Å². The molecule has 0 bridgehead atoms. The summed E-state index contributed by atoms with van der Waals surface area (Å²) in [6.45, 7) is 1.95. The van der Waals surface area contributed by atoms with Crippen LogP contribution in [0.5, 0.6) is 11.5 Å². The number of benzene rings is 2. The van der Waals surface area contributed by atoms with Crippen LogP contribution in [0.2, 0.25) is 0 Å². The van der Waals surface area contributed by atoms with Gasteiger partial charge >= 0.3 is 0 Å². The molecule has 0 radical (unpaired) electrons. The van der Waals surface area contributed by atoms with Crippen molar-refractivity contribution < 1.29 is 19.4 Å². The third-order valence-electron chi connectivity index (χ3n) is 4.39. The molecule has 0 spiro atoms. The van der Waals surface area contributed by atoms with Crippen LogP contribution < -0.4 is 14.9 Å². The third kappa shape index (κ3) is 3.11. The number of amides is 1. The molecule has 2 aromatic rings. The van der Waals surface area contributed by atoms with Gasteiger partial charge in [-0.2, -0.15) is 0 Å². The van der Waals surface area contributed by atoms with Gasteiger partial charge in [0.05, 0.1) is 14.2 Å². The molecule has 1 amide bonds. The van der Waals surface area contributed by atoms with Gasteiger partial charge in [-0.1, -0.05) is 19.1 Å². The zero-order valence-electron chi connectivity index (χ0n) is 15.0. The first-order valence-electron chi connectivity index (χ1n) is 8.35. The summed E-state index contributed by atoms with van der Waals surface area (Å²) in [7, 11) is 3.13. The molecule has 6 heteroatoms. The van der Waals surface area contributed by atoms with E-state index in [1.807, 2.05) is 6.92 Å². The van der Waals surface area contributed by atoms with Gasteiger partial charge in [-0.05, 0) is 48.9 Å². The molecule has 0 aromatic heterocycles. The number of ether oxygens (including phenoxy) is 2. The summed E-state index contributed by atoms with van der Waals surface area (Å²) in [6, 6.07) is 13.8. The fourth-order valence-corrected chi connectivity index (χ4v) is 2.88. The van der Waals surface area contributed by atoms with E-state index in [0.29, 0.717) is 29.0 Å². The lowest BCUT2D eigenvalue weighted by atomic mass is 10.0. The summed E-state index contributed by atoms with van der Waals surface area (Å²) in [5, 5.41) is 12.6. The van der Waals surface area contributed by atoms with Crippen LogP contribution in [0.3, 0.4) is 0 Å². The van der Waals surface area contributed by atoms with E-state index in [1.54, 1.807) is 68.8 Å². The number of hydrogen-bond donors (Lipinski definition) is 2. The molecule has 136 valence electrons. The molecule has 6 nitrogen and oxygen atoms in total. The second-order valence-corrected chi connectivity index (χ2v) is 5.96. The molecule has 0 saturated carbocycles. The van der Waals surface area contributed by atoms with Crippen LogP contribution in [0.4, 0.5) is 0 Å². The van der Waals surface area contributed by atoms with E-state index >= 15 is 0 Å². The number of hydrogen-bond acceptors (Lipinski definition) is 5. The number of carbonyl (C=O) groups excluding carboxylic acids is 1. The minimum absolute atomic E-state index is 0.349. The molecule has 1 aliphatic rings. The van der Waals surface area contributed by atoms with E-state index in [2.05, 4.69) is 5.43 Å². The zero-order chi connectivity index (χ0) is 18.7. The smallest absolute Gasteiger partial charge is 0.275 e. The Balaban J connectivity index is 1.99. The topological polar surface area (TPSA) is 71.0 Å². The Morgan fingerprint density at radius 2 is 1.81 bits per heavy atom. The molecule has 2 aromatic carbocycles. The highest BCUT2D eigenvalue weighted by atomic mass is 16.5. The Morgan fingerprint density at radius 1 is 1.12 bits per heavy atom. The Labute approximate surface area is 152 Å². The molecular formula is C20H22N2O4. The first-order chi connectivity index (χ1) is 12.5. The number of hydrazine groups is 1. The minimum Gasteiger partial charge on any atom is -0.497 e. The maximum absolute atomic E-state index is 13.0. The number of nitrogens with one attached hydrogen (secondary N) is 1. The van der Waals surface area contributed by atoms with Gasteiger partial charge in [-0.3, -0.25) is 10.2 Å². The lowest BCUT2D eigenvalue weighted by Gasteiger charge is -2.33. The highest BCUT2D eigenvalue weighted by Gasteiger charge is 2.43. The predicted octanol–water partition coefficient (Wildman–Crippen LogP) is 2.80. The van der Waals surface area contributed by atoms with Crippen LogP contribution in [0.1, 0.15) is 29.3 Å². The standard InChI is InChI=1S/C20H22N2O4/c1-4-16-13-20(24,15-6-5-7-18(12-15)26-3)22(21-16)19(23)14-8-10-17(25-2)11-9-14/h5-13,21,24H,4H2,1-3H3/t20-/m0/s1. The number of rotatable bonds is 5. The predicted molar refractivity (Wildman–Crippen MR) is 97.6 cm³/mol. The highest BCUT2D eigenvalue weighted by Crippen LogP contribution is 2.35. The molecule has 1 aliphatic heterocycles. The Kier molecular flexibility index (Phi) is 4.86. The molecule has 1 atom stereocenters. The summed E-state index contributed by atoms with van der Waals surface area (Å²) < 4.78 is 10.4. The van der Waals surface area contributed by atoms with E-state index in [-0.39, 0.29) is 5.91 Å². The van der Waals surface area contributed by atoms with Crippen molar-refractivity contribution in [3.05, 3.63) is 71.4 Å². The number of allylic oxidation sites excluding steroid dienone is 1. The largest absolute Gasteiger partial charge is 0.497 e. The Morgan fingerprint density at radius 3 is 2.42 bits per heavy atom. The monoisotopic (exact) mass is 354 g/mol. The van der Waals surface area contributed by atoms with Crippen molar-refractivity contribution >= 4 is 5.91 Å². The fourth-order valence-electron chi connectivity index (χ4n) is 2.88. The van der Waals surface area contributed by atoms with Gasteiger partial charge in [0.15, 0.2) is 0 Å². The second-order valence-electron chi connectivity index (χ2n) is 5.96. The van der Waals surface area contributed by atoms with Crippen molar-refractivity contribution in [2.24, 2.45) is 0 Å². The molecule has 2 N–H and O–H groups in total. The summed E-state index contributed by atoms with van der Waals surface area (Å²) in [5.74, 6) is 0.912. The normalized spacial score (nSPS) is 18.9. The van der Waals surface area contributed by atoms with Gasteiger partial charge in [0, 0.05) is 16.8 Å². The quantitative estimate of drug-likeness (QED) is 0.864. The van der Waals surface area contributed by atoms with E-state index < -0.39 is 5.72 Å².